The van der Waals surface area contributed by atoms with Crippen molar-refractivity contribution in [1.82, 2.24) is 0 Å². The summed E-state index contributed by atoms with van der Waals surface area (Å²) in [5, 5.41) is 2.66. The number of anilines is 3. The Balaban J connectivity index is 1.50. The van der Waals surface area contributed by atoms with Crippen LogP contribution in [0.5, 0.6) is 0 Å². The fraction of sp³-hybridized carbons (Fsp3) is 0.125. The Morgan fingerprint density at radius 1 is 0.939 bits per heavy atom. The number of para-hydroxylation sites is 1. The van der Waals surface area contributed by atoms with Crippen LogP contribution >= 0.6 is 11.8 Å². The van der Waals surface area contributed by atoms with E-state index in [4.69, 9.17) is 0 Å². The van der Waals surface area contributed by atoms with Crippen molar-refractivity contribution in [3.63, 3.8) is 0 Å². The van der Waals surface area contributed by atoms with Crippen LogP contribution in [0, 0.1) is 11.6 Å². The van der Waals surface area contributed by atoms with Crippen molar-refractivity contribution in [3.8, 4) is 0 Å². The average molecular weight is 465 g/mol. The molecule has 166 valence electrons. The molecule has 0 radical (unpaired) electrons. The third kappa shape index (κ3) is 3.45. The summed E-state index contributed by atoms with van der Waals surface area (Å²) in [5.74, 6) is -2.01. The minimum atomic E-state index is -1.39. The van der Waals surface area contributed by atoms with Crippen LogP contribution in [0.15, 0.2) is 72.8 Å². The first-order chi connectivity index (χ1) is 15.9. The predicted molar refractivity (Wildman–Crippen MR) is 122 cm³/mol. The van der Waals surface area contributed by atoms with Crippen molar-refractivity contribution >= 4 is 46.5 Å². The molecule has 2 aliphatic rings. The third-order valence-corrected chi connectivity index (χ3v) is 6.96. The number of fused-ring (bicyclic) bond motifs is 2. The fourth-order valence-corrected chi connectivity index (χ4v) is 5.54. The Kier molecular flexibility index (Phi) is 5.13. The SMILES string of the molecule is O=C(CN1C(=O)[C@]2(SCC(=O)N2c2ccc(F)cc2)c2ccccc21)Nc1ccc(F)cc1. The number of rotatable bonds is 4. The van der Waals surface area contributed by atoms with E-state index < -0.39 is 28.3 Å². The van der Waals surface area contributed by atoms with Crippen molar-refractivity contribution < 1.29 is 23.2 Å². The predicted octanol–water partition coefficient (Wildman–Crippen LogP) is 3.88. The molecule has 0 aromatic heterocycles. The first-order valence-corrected chi connectivity index (χ1v) is 11.1. The topological polar surface area (TPSA) is 69.7 Å². The molecule has 0 bridgehead atoms. The van der Waals surface area contributed by atoms with Crippen LogP contribution in [-0.2, 0) is 19.3 Å². The minimum Gasteiger partial charge on any atom is -0.325 e. The van der Waals surface area contributed by atoms with Gasteiger partial charge in [0.25, 0.3) is 5.91 Å². The summed E-state index contributed by atoms with van der Waals surface area (Å²) in [6, 6.07) is 17.7. The monoisotopic (exact) mass is 465 g/mol. The van der Waals surface area contributed by atoms with E-state index in [1.54, 1.807) is 24.3 Å². The number of benzene rings is 3. The zero-order chi connectivity index (χ0) is 23.2. The molecule has 2 aliphatic heterocycles. The minimum absolute atomic E-state index is 0.0626. The molecule has 1 saturated heterocycles. The Morgan fingerprint density at radius 2 is 1.58 bits per heavy atom. The third-order valence-electron chi connectivity index (χ3n) is 5.58. The number of carbonyl (C=O) groups is 3. The van der Waals surface area contributed by atoms with Crippen molar-refractivity contribution in [3.05, 3.63) is 90.0 Å². The Hall–Kier alpha value is -3.72. The second-order valence-corrected chi connectivity index (χ2v) is 8.77. The smallest absolute Gasteiger partial charge is 0.269 e. The van der Waals surface area contributed by atoms with Gasteiger partial charge in [0.2, 0.25) is 16.7 Å². The Bertz CT molecular complexity index is 1270. The lowest BCUT2D eigenvalue weighted by atomic mass is 10.0. The van der Waals surface area contributed by atoms with Crippen LogP contribution in [0.2, 0.25) is 0 Å². The number of hydrogen-bond donors (Lipinski definition) is 1. The lowest BCUT2D eigenvalue weighted by molar-refractivity contribution is -0.124. The summed E-state index contributed by atoms with van der Waals surface area (Å²) < 4.78 is 26.7. The fourth-order valence-electron chi connectivity index (χ4n) is 4.18. The van der Waals surface area contributed by atoms with Crippen LogP contribution in [0.1, 0.15) is 5.56 Å². The molecule has 1 N–H and O–H groups in total. The Labute approximate surface area is 192 Å². The number of amides is 3. The maximum atomic E-state index is 13.8. The normalized spacial score (nSPS) is 19.3. The summed E-state index contributed by atoms with van der Waals surface area (Å²) in [5.41, 5.74) is 1.90. The highest BCUT2D eigenvalue weighted by Gasteiger charge is 2.61. The molecule has 3 aromatic carbocycles. The van der Waals surface area contributed by atoms with E-state index in [9.17, 15) is 23.2 Å². The van der Waals surface area contributed by atoms with Gasteiger partial charge in [0.15, 0.2) is 0 Å². The van der Waals surface area contributed by atoms with E-state index in [-0.39, 0.29) is 18.2 Å². The summed E-state index contributed by atoms with van der Waals surface area (Å²) in [6.07, 6.45) is 0. The van der Waals surface area contributed by atoms with Crippen molar-refractivity contribution in [1.29, 1.82) is 0 Å². The van der Waals surface area contributed by atoms with Gasteiger partial charge in [-0.25, -0.2) is 8.78 Å². The number of nitrogens with one attached hydrogen (secondary N) is 1. The van der Waals surface area contributed by atoms with Crippen molar-refractivity contribution in [2.75, 3.05) is 27.4 Å². The van der Waals surface area contributed by atoms with Gasteiger partial charge in [-0.1, -0.05) is 18.2 Å². The second-order valence-electron chi connectivity index (χ2n) is 7.60. The van der Waals surface area contributed by atoms with Crippen LogP contribution in [0.4, 0.5) is 25.8 Å². The number of hydrogen-bond acceptors (Lipinski definition) is 4. The molecular weight excluding hydrogens is 448 g/mol. The van der Waals surface area contributed by atoms with Gasteiger partial charge in [-0.15, -0.1) is 11.8 Å². The number of halogens is 2. The molecule has 3 amide bonds. The van der Waals surface area contributed by atoms with Gasteiger partial charge in [-0.2, -0.15) is 0 Å². The molecule has 6 nitrogen and oxygen atoms in total. The van der Waals surface area contributed by atoms with Crippen molar-refractivity contribution in [2.45, 2.75) is 4.87 Å². The Morgan fingerprint density at radius 3 is 2.27 bits per heavy atom. The zero-order valence-corrected chi connectivity index (χ0v) is 17.9. The number of carbonyl (C=O) groups excluding carboxylic acids is 3. The highest BCUT2D eigenvalue weighted by atomic mass is 32.2. The van der Waals surface area contributed by atoms with Gasteiger partial charge < -0.3 is 5.32 Å². The summed E-state index contributed by atoms with van der Waals surface area (Å²) in [7, 11) is 0. The van der Waals surface area contributed by atoms with Gasteiger partial charge in [-0.3, -0.25) is 24.2 Å². The standard InChI is InChI=1S/C24H17F2N3O3S/c25-15-5-9-17(10-6-15)27-21(30)13-28-20-4-2-1-3-19(20)24(23(28)32)29(22(31)14-33-24)18-11-7-16(26)8-12-18/h1-12H,13-14H2,(H,27,30)/t24-/m1/s1. The van der Waals surface area contributed by atoms with Crippen LogP contribution in [-0.4, -0.2) is 30.0 Å². The van der Waals surface area contributed by atoms with Gasteiger partial charge >= 0.3 is 0 Å². The molecule has 5 rings (SSSR count). The van der Waals surface area contributed by atoms with E-state index in [2.05, 4.69) is 5.32 Å². The lowest BCUT2D eigenvalue weighted by Crippen LogP contribution is -2.50. The largest absolute Gasteiger partial charge is 0.325 e. The number of nitrogens with zero attached hydrogens (tertiary/aromatic N) is 2. The van der Waals surface area contributed by atoms with E-state index in [1.165, 1.54) is 70.1 Å². The van der Waals surface area contributed by atoms with E-state index in [0.29, 0.717) is 22.6 Å². The quantitative estimate of drug-likeness (QED) is 0.635. The number of thioether (sulfide) groups is 1. The molecule has 0 unspecified atom stereocenters. The molecule has 0 saturated carbocycles. The van der Waals surface area contributed by atoms with Crippen LogP contribution < -0.4 is 15.1 Å². The van der Waals surface area contributed by atoms with Crippen LogP contribution in [0.25, 0.3) is 0 Å². The summed E-state index contributed by atoms with van der Waals surface area (Å²) in [6.45, 7) is -0.291. The van der Waals surface area contributed by atoms with E-state index >= 15 is 0 Å². The van der Waals surface area contributed by atoms with E-state index in [1.807, 2.05) is 0 Å². The zero-order valence-electron chi connectivity index (χ0n) is 17.1. The molecule has 33 heavy (non-hydrogen) atoms. The van der Waals surface area contributed by atoms with Gasteiger partial charge in [-0.05, 0) is 54.6 Å². The lowest BCUT2D eigenvalue weighted by Gasteiger charge is -2.33. The molecule has 0 aliphatic carbocycles. The van der Waals surface area contributed by atoms with Gasteiger partial charge in [0.1, 0.15) is 18.2 Å². The molecular formula is C24H17F2N3O3S. The molecule has 9 heteroatoms. The van der Waals surface area contributed by atoms with Gasteiger partial charge in [0.05, 0.1) is 11.4 Å². The highest BCUT2D eigenvalue weighted by Crippen LogP contribution is 2.55. The van der Waals surface area contributed by atoms with Crippen LogP contribution in [0.3, 0.4) is 0 Å². The molecule has 1 spiro atoms. The summed E-state index contributed by atoms with van der Waals surface area (Å²) >= 11 is 1.17. The van der Waals surface area contributed by atoms with Gasteiger partial charge in [0, 0.05) is 16.9 Å². The first-order valence-electron chi connectivity index (χ1n) is 10.1. The maximum Gasteiger partial charge on any atom is 0.269 e. The van der Waals surface area contributed by atoms with Crippen molar-refractivity contribution in [2.24, 2.45) is 0 Å². The molecule has 2 heterocycles. The second kappa shape index (κ2) is 8.00. The first kappa shape index (κ1) is 21.1. The molecule has 3 aromatic rings. The average Bonchev–Trinajstić information content (AvgIpc) is 3.27. The molecule has 1 atom stereocenters. The highest BCUT2D eigenvalue weighted by molar-refractivity contribution is 8.02. The maximum absolute atomic E-state index is 13.8. The molecule has 1 fully saturated rings. The van der Waals surface area contributed by atoms with E-state index in [0.717, 1.165) is 0 Å². The summed E-state index contributed by atoms with van der Waals surface area (Å²) in [4.78, 5) is 40.8.